The average molecular weight is 297 g/mol. The lowest BCUT2D eigenvalue weighted by Gasteiger charge is -2.35. The van der Waals surface area contributed by atoms with E-state index in [4.69, 9.17) is 4.74 Å². The van der Waals surface area contributed by atoms with Crippen LogP contribution in [0, 0.1) is 0 Å². The number of carbonyl (C=O) groups is 1. The Labute approximate surface area is 125 Å². The van der Waals surface area contributed by atoms with Gasteiger partial charge >= 0.3 is 0 Å². The number of nitrogens with one attached hydrogen (secondary N) is 2. The van der Waals surface area contributed by atoms with Gasteiger partial charge in [0, 0.05) is 11.1 Å². The van der Waals surface area contributed by atoms with E-state index >= 15 is 0 Å². The molecule has 20 heavy (non-hydrogen) atoms. The molecule has 0 bridgehead atoms. The molecule has 0 saturated carbocycles. The van der Waals surface area contributed by atoms with Crippen LogP contribution in [-0.2, 0) is 18.0 Å². The highest BCUT2D eigenvalue weighted by atomic mass is 35.5. The van der Waals surface area contributed by atoms with Crippen molar-refractivity contribution in [2.24, 2.45) is 0 Å². The zero-order valence-corrected chi connectivity index (χ0v) is 12.5. The molecule has 0 unspecified atom stereocenters. The number of benzene rings is 1. The van der Waals surface area contributed by atoms with Crippen molar-refractivity contribution in [3.8, 4) is 0 Å². The molecule has 1 amide bonds. The highest BCUT2D eigenvalue weighted by molar-refractivity contribution is 5.95. The molecule has 1 aromatic carbocycles. The van der Waals surface area contributed by atoms with Gasteiger partial charge in [-0.05, 0) is 56.1 Å². The van der Waals surface area contributed by atoms with Gasteiger partial charge in [-0.2, -0.15) is 0 Å². The van der Waals surface area contributed by atoms with Crippen LogP contribution in [0.25, 0.3) is 0 Å². The Kier molecular flexibility index (Phi) is 4.68. The van der Waals surface area contributed by atoms with Gasteiger partial charge in [0.25, 0.3) is 5.91 Å². The summed E-state index contributed by atoms with van der Waals surface area (Å²) in [7, 11) is 0. The minimum atomic E-state index is -0.0855. The van der Waals surface area contributed by atoms with E-state index < -0.39 is 0 Å². The molecule has 2 N–H and O–H groups in total. The molecule has 2 aliphatic rings. The maximum atomic E-state index is 12.3. The van der Waals surface area contributed by atoms with Crippen LogP contribution in [-0.4, -0.2) is 24.5 Å². The second-order valence-electron chi connectivity index (χ2n) is 5.74. The van der Waals surface area contributed by atoms with Crippen molar-refractivity contribution in [2.75, 3.05) is 13.1 Å². The van der Waals surface area contributed by atoms with Crippen molar-refractivity contribution in [2.45, 2.75) is 38.5 Å². The van der Waals surface area contributed by atoms with Crippen molar-refractivity contribution in [1.82, 2.24) is 10.6 Å². The Hall–Kier alpha value is -1.10. The lowest BCUT2D eigenvalue weighted by Crippen LogP contribution is -2.52. The molecule has 4 nitrogen and oxygen atoms in total. The van der Waals surface area contributed by atoms with E-state index in [1.165, 1.54) is 5.56 Å². The van der Waals surface area contributed by atoms with Gasteiger partial charge in [0.2, 0.25) is 0 Å². The Morgan fingerprint density at radius 3 is 2.70 bits per heavy atom. The molecule has 2 aliphatic heterocycles. The predicted molar refractivity (Wildman–Crippen MR) is 80.2 cm³/mol. The third kappa shape index (κ3) is 3.14. The summed E-state index contributed by atoms with van der Waals surface area (Å²) in [5, 5.41) is 6.50. The minimum Gasteiger partial charge on any atom is -0.372 e. The molecule has 1 saturated heterocycles. The number of hydrogen-bond acceptors (Lipinski definition) is 3. The molecular formula is C15H21ClN2O2. The van der Waals surface area contributed by atoms with Crippen LogP contribution in [0.2, 0.25) is 0 Å². The Bertz CT molecular complexity index is 499. The second-order valence-corrected chi connectivity index (χ2v) is 5.74. The molecule has 3 rings (SSSR count). The average Bonchev–Trinajstić information content (AvgIpc) is 2.86. The first-order valence-corrected chi connectivity index (χ1v) is 6.89. The van der Waals surface area contributed by atoms with Crippen molar-refractivity contribution < 1.29 is 9.53 Å². The topological polar surface area (TPSA) is 50.4 Å². The quantitative estimate of drug-likeness (QED) is 0.878. The van der Waals surface area contributed by atoms with Crippen LogP contribution in [0.3, 0.4) is 0 Å². The van der Waals surface area contributed by atoms with Crippen LogP contribution < -0.4 is 10.6 Å². The number of rotatable bonds is 2. The number of ether oxygens (including phenoxy) is 1. The predicted octanol–water partition coefficient (Wildman–Crippen LogP) is 2.01. The van der Waals surface area contributed by atoms with Crippen molar-refractivity contribution in [1.29, 1.82) is 0 Å². The maximum absolute atomic E-state index is 12.3. The van der Waals surface area contributed by atoms with Gasteiger partial charge in [-0.1, -0.05) is 6.07 Å². The first-order valence-electron chi connectivity index (χ1n) is 6.89. The van der Waals surface area contributed by atoms with Crippen LogP contribution in [0.1, 0.15) is 41.3 Å². The smallest absolute Gasteiger partial charge is 0.251 e. The fourth-order valence-electron chi connectivity index (χ4n) is 2.76. The SMILES string of the molecule is CC1(NC(=O)c2ccc3c(c2)COC3)CCNCC1.Cl. The third-order valence-electron chi connectivity index (χ3n) is 4.11. The number of piperidine rings is 1. The highest BCUT2D eigenvalue weighted by Gasteiger charge is 2.28. The van der Waals surface area contributed by atoms with E-state index in [1.54, 1.807) is 0 Å². The molecule has 0 radical (unpaired) electrons. The second kappa shape index (κ2) is 6.12. The monoisotopic (exact) mass is 296 g/mol. The van der Waals surface area contributed by atoms with E-state index in [0.29, 0.717) is 13.2 Å². The first kappa shape index (κ1) is 15.3. The molecular weight excluding hydrogens is 276 g/mol. The zero-order chi connectivity index (χ0) is 13.3. The normalized spacial score (nSPS) is 19.9. The number of halogens is 1. The summed E-state index contributed by atoms with van der Waals surface area (Å²) in [5.41, 5.74) is 2.99. The van der Waals surface area contributed by atoms with Crippen molar-refractivity contribution >= 4 is 18.3 Å². The molecule has 0 atom stereocenters. The number of fused-ring (bicyclic) bond motifs is 1. The molecule has 5 heteroatoms. The van der Waals surface area contributed by atoms with Gasteiger partial charge in [-0.3, -0.25) is 4.79 Å². The summed E-state index contributed by atoms with van der Waals surface area (Å²) < 4.78 is 5.38. The van der Waals surface area contributed by atoms with E-state index in [2.05, 4.69) is 17.6 Å². The molecule has 0 aromatic heterocycles. The van der Waals surface area contributed by atoms with Crippen molar-refractivity contribution in [3.05, 3.63) is 34.9 Å². The molecule has 110 valence electrons. The maximum Gasteiger partial charge on any atom is 0.251 e. The summed E-state index contributed by atoms with van der Waals surface area (Å²) >= 11 is 0. The van der Waals surface area contributed by atoms with Gasteiger partial charge < -0.3 is 15.4 Å². The van der Waals surface area contributed by atoms with Crippen LogP contribution in [0.15, 0.2) is 18.2 Å². The molecule has 1 aromatic rings. The summed E-state index contributed by atoms with van der Waals surface area (Å²) in [4.78, 5) is 12.3. The number of hydrogen-bond donors (Lipinski definition) is 2. The molecule has 2 heterocycles. The van der Waals surface area contributed by atoms with E-state index in [-0.39, 0.29) is 23.9 Å². The largest absolute Gasteiger partial charge is 0.372 e. The summed E-state index contributed by atoms with van der Waals surface area (Å²) in [6, 6.07) is 5.86. The fraction of sp³-hybridized carbons (Fsp3) is 0.533. The van der Waals surface area contributed by atoms with Gasteiger partial charge in [-0.25, -0.2) is 0 Å². The molecule has 0 spiro atoms. The van der Waals surface area contributed by atoms with Gasteiger partial charge in [0.1, 0.15) is 0 Å². The standard InChI is InChI=1S/C15H20N2O2.ClH/c1-15(4-6-16-7-5-15)17-14(18)11-2-3-12-9-19-10-13(12)8-11;/h2-3,8,16H,4-7,9-10H2,1H3,(H,17,18);1H. The molecule has 1 fully saturated rings. The number of carbonyl (C=O) groups excluding carboxylic acids is 1. The lowest BCUT2D eigenvalue weighted by atomic mass is 9.90. The summed E-state index contributed by atoms with van der Waals surface area (Å²) in [6.07, 6.45) is 1.96. The summed E-state index contributed by atoms with van der Waals surface area (Å²) in [5.74, 6) is 0.0269. The van der Waals surface area contributed by atoms with Crippen LogP contribution >= 0.6 is 12.4 Å². The lowest BCUT2D eigenvalue weighted by molar-refractivity contribution is 0.0887. The van der Waals surface area contributed by atoms with E-state index in [0.717, 1.165) is 37.1 Å². The Balaban J connectivity index is 0.00000147. The Morgan fingerprint density at radius 1 is 1.25 bits per heavy atom. The Morgan fingerprint density at radius 2 is 1.95 bits per heavy atom. The number of amides is 1. The third-order valence-corrected chi connectivity index (χ3v) is 4.11. The minimum absolute atomic E-state index is 0. The summed E-state index contributed by atoms with van der Waals surface area (Å²) in [6.45, 7) is 5.35. The van der Waals surface area contributed by atoms with Crippen LogP contribution in [0.5, 0.6) is 0 Å². The van der Waals surface area contributed by atoms with Gasteiger partial charge in [0.15, 0.2) is 0 Å². The van der Waals surface area contributed by atoms with Gasteiger partial charge in [0.05, 0.1) is 13.2 Å². The van der Waals surface area contributed by atoms with E-state index in [1.807, 2.05) is 18.2 Å². The van der Waals surface area contributed by atoms with E-state index in [9.17, 15) is 4.79 Å². The fourth-order valence-corrected chi connectivity index (χ4v) is 2.76. The zero-order valence-electron chi connectivity index (χ0n) is 11.7. The first-order chi connectivity index (χ1) is 9.16. The van der Waals surface area contributed by atoms with Crippen molar-refractivity contribution in [3.63, 3.8) is 0 Å². The molecule has 0 aliphatic carbocycles. The van der Waals surface area contributed by atoms with Crippen LogP contribution in [0.4, 0.5) is 0 Å². The highest BCUT2D eigenvalue weighted by Crippen LogP contribution is 2.22. The van der Waals surface area contributed by atoms with Gasteiger partial charge in [-0.15, -0.1) is 12.4 Å².